The van der Waals surface area contributed by atoms with E-state index in [9.17, 15) is 4.79 Å². The van der Waals surface area contributed by atoms with Crippen molar-refractivity contribution in [1.29, 1.82) is 0 Å². The summed E-state index contributed by atoms with van der Waals surface area (Å²) in [6, 6.07) is 3.42. The predicted octanol–water partition coefficient (Wildman–Crippen LogP) is 0.0954. The molecule has 1 amide bonds. The van der Waals surface area contributed by atoms with Crippen LogP contribution in [0.3, 0.4) is 0 Å². The van der Waals surface area contributed by atoms with Crippen molar-refractivity contribution in [1.82, 2.24) is 19.9 Å². The molecule has 0 aliphatic carbocycles. The molecule has 0 atom stereocenters. The second-order valence-corrected chi connectivity index (χ2v) is 4.49. The normalized spacial score (nSPS) is 15.2. The molecule has 1 aliphatic rings. The van der Waals surface area contributed by atoms with Gasteiger partial charge in [-0.25, -0.2) is 10.8 Å². The first kappa shape index (κ1) is 11.9. The highest BCUT2D eigenvalue weighted by atomic mass is 16.4. The second-order valence-electron chi connectivity index (χ2n) is 4.49. The molecule has 100 valence electrons. The Kier molecular flexibility index (Phi) is 3.06. The minimum Gasteiger partial charge on any atom is -0.455 e. The summed E-state index contributed by atoms with van der Waals surface area (Å²) in [5.74, 6) is 6.68. The molecule has 0 saturated carbocycles. The molecule has 0 aromatic carbocycles. The number of nitrogens with two attached hydrogens (primary N) is 1. The van der Waals surface area contributed by atoms with Gasteiger partial charge in [0.05, 0.1) is 13.1 Å². The summed E-state index contributed by atoms with van der Waals surface area (Å²) in [6.45, 7) is 3.30. The summed E-state index contributed by atoms with van der Waals surface area (Å²) in [6.07, 6.45) is 3.80. The molecule has 0 spiro atoms. The van der Waals surface area contributed by atoms with Gasteiger partial charge in [0.2, 0.25) is 0 Å². The van der Waals surface area contributed by atoms with Crippen LogP contribution in [0.5, 0.6) is 0 Å². The zero-order valence-electron chi connectivity index (χ0n) is 10.4. The number of aromatic nitrogens is 2. The van der Waals surface area contributed by atoms with Gasteiger partial charge in [-0.15, -0.1) is 0 Å². The number of hydrazine groups is 1. The standard InChI is InChI=1S/C12H15N5O2/c13-15-12(18)10-2-1-9(19-10)7-16-5-6-17-4-3-14-11(17)8-16/h1-4H,5-8,13H2,(H,15,18). The average molecular weight is 261 g/mol. The molecule has 1 aliphatic heterocycles. The van der Waals surface area contributed by atoms with Crippen molar-refractivity contribution < 1.29 is 9.21 Å². The van der Waals surface area contributed by atoms with Gasteiger partial charge in [0, 0.05) is 25.5 Å². The van der Waals surface area contributed by atoms with Crippen molar-refractivity contribution in [2.45, 2.75) is 19.6 Å². The molecule has 0 bridgehead atoms. The first-order valence-corrected chi connectivity index (χ1v) is 6.08. The zero-order chi connectivity index (χ0) is 13.2. The predicted molar refractivity (Wildman–Crippen MR) is 66.7 cm³/mol. The Morgan fingerprint density at radius 3 is 3.21 bits per heavy atom. The molecular weight excluding hydrogens is 246 g/mol. The quantitative estimate of drug-likeness (QED) is 0.464. The molecule has 7 nitrogen and oxygen atoms in total. The van der Waals surface area contributed by atoms with E-state index in [0.717, 1.165) is 31.2 Å². The Labute approximate surface area is 110 Å². The number of imidazole rings is 1. The van der Waals surface area contributed by atoms with Gasteiger partial charge in [-0.2, -0.15) is 0 Å². The number of carbonyl (C=O) groups excluding carboxylic acids is 1. The van der Waals surface area contributed by atoms with E-state index in [-0.39, 0.29) is 5.76 Å². The third kappa shape index (κ3) is 2.38. The van der Waals surface area contributed by atoms with Crippen molar-refractivity contribution >= 4 is 5.91 Å². The number of nitrogens with zero attached hydrogens (tertiary/aromatic N) is 3. The van der Waals surface area contributed by atoms with Crippen LogP contribution in [0.1, 0.15) is 22.1 Å². The van der Waals surface area contributed by atoms with Crippen LogP contribution in [-0.4, -0.2) is 26.9 Å². The van der Waals surface area contributed by atoms with E-state index in [1.165, 1.54) is 0 Å². The Bertz CT molecular complexity index is 588. The molecule has 3 heterocycles. The Morgan fingerprint density at radius 2 is 2.37 bits per heavy atom. The summed E-state index contributed by atoms with van der Waals surface area (Å²) in [5, 5.41) is 0. The largest absolute Gasteiger partial charge is 0.455 e. The minimum atomic E-state index is -0.416. The highest BCUT2D eigenvalue weighted by molar-refractivity contribution is 5.90. The number of nitrogen functional groups attached to an aromatic ring is 1. The van der Waals surface area contributed by atoms with Crippen molar-refractivity contribution in [3.63, 3.8) is 0 Å². The lowest BCUT2D eigenvalue weighted by molar-refractivity contribution is 0.0921. The number of hydrogen-bond acceptors (Lipinski definition) is 5. The smallest absolute Gasteiger partial charge is 0.300 e. The van der Waals surface area contributed by atoms with Crippen LogP contribution in [0.15, 0.2) is 28.9 Å². The summed E-state index contributed by atoms with van der Waals surface area (Å²) in [4.78, 5) is 17.8. The van der Waals surface area contributed by atoms with Crippen LogP contribution in [-0.2, 0) is 19.6 Å². The average Bonchev–Trinajstić information content (AvgIpc) is 3.06. The molecule has 0 unspecified atom stereocenters. The number of furan rings is 1. The Morgan fingerprint density at radius 1 is 1.47 bits per heavy atom. The van der Waals surface area contributed by atoms with Gasteiger partial charge >= 0.3 is 5.91 Å². The van der Waals surface area contributed by atoms with Crippen LogP contribution < -0.4 is 11.3 Å². The van der Waals surface area contributed by atoms with Gasteiger partial charge in [0.1, 0.15) is 11.6 Å². The molecule has 3 N–H and O–H groups in total. The Balaban J connectivity index is 1.66. The van der Waals surface area contributed by atoms with E-state index < -0.39 is 5.91 Å². The summed E-state index contributed by atoms with van der Waals surface area (Å²) < 4.78 is 7.59. The number of hydrogen-bond donors (Lipinski definition) is 2. The fourth-order valence-electron chi connectivity index (χ4n) is 2.23. The summed E-state index contributed by atoms with van der Waals surface area (Å²) >= 11 is 0. The van der Waals surface area contributed by atoms with Crippen molar-refractivity contribution in [2.24, 2.45) is 5.84 Å². The maximum atomic E-state index is 11.3. The van der Waals surface area contributed by atoms with Crippen molar-refractivity contribution in [3.05, 3.63) is 41.9 Å². The number of amides is 1. The number of carbonyl (C=O) groups is 1. The molecule has 3 rings (SSSR count). The maximum Gasteiger partial charge on any atom is 0.300 e. The summed E-state index contributed by atoms with van der Waals surface area (Å²) in [5.41, 5.74) is 2.05. The van der Waals surface area contributed by atoms with Crippen LogP contribution in [0, 0.1) is 0 Å². The third-order valence-electron chi connectivity index (χ3n) is 3.22. The molecule has 2 aromatic heterocycles. The van der Waals surface area contributed by atoms with E-state index in [2.05, 4.69) is 14.5 Å². The monoisotopic (exact) mass is 261 g/mol. The lowest BCUT2D eigenvalue weighted by atomic mass is 10.3. The molecular formula is C12H15N5O2. The highest BCUT2D eigenvalue weighted by Gasteiger charge is 2.18. The third-order valence-corrected chi connectivity index (χ3v) is 3.22. The van der Waals surface area contributed by atoms with E-state index in [1.54, 1.807) is 12.1 Å². The summed E-state index contributed by atoms with van der Waals surface area (Å²) in [7, 11) is 0. The van der Waals surface area contributed by atoms with Gasteiger partial charge < -0.3 is 8.98 Å². The molecule has 19 heavy (non-hydrogen) atoms. The van der Waals surface area contributed by atoms with E-state index in [1.807, 2.05) is 17.8 Å². The van der Waals surface area contributed by atoms with Gasteiger partial charge in [-0.1, -0.05) is 0 Å². The lowest BCUT2D eigenvalue weighted by Gasteiger charge is -2.26. The van der Waals surface area contributed by atoms with Gasteiger partial charge in [-0.3, -0.25) is 15.1 Å². The van der Waals surface area contributed by atoms with E-state index in [4.69, 9.17) is 10.3 Å². The fraction of sp³-hybridized carbons (Fsp3) is 0.333. The van der Waals surface area contributed by atoms with Gasteiger partial charge in [-0.05, 0) is 12.1 Å². The topological polar surface area (TPSA) is 89.3 Å². The molecule has 0 saturated heterocycles. The SMILES string of the molecule is NNC(=O)c1ccc(CN2CCn3ccnc3C2)o1. The zero-order valence-corrected chi connectivity index (χ0v) is 10.4. The van der Waals surface area contributed by atoms with Crippen molar-refractivity contribution in [2.75, 3.05) is 6.54 Å². The minimum absolute atomic E-state index is 0.232. The van der Waals surface area contributed by atoms with Crippen LogP contribution >= 0.6 is 0 Å². The Hall–Kier alpha value is -2.12. The van der Waals surface area contributed by atoms with Crippen LogP contribution in [0.4, 0.5) is 0 Å². The number of fused-ring (bicyclic) bond motifs is 1. The number of nitrogens with one attached hydrogen (secondary N) is 1. The van der Waals surface area contributed by atoms with Gasteiger partial charge in [0.25, 0.3) is 0 Å². The molecule has 0 fully saturated rings. The fourth-order valence-corrected chi connectivity index (χ4v) is 2.23. The molecule has 7 heteroatoms. The molecule has 2 aromatic rings. The molecule has 0 radical (unpaired) electrons. The van der Waals surface area contributed by atoms with E-state index >= 15 is 0 Å². The first-order valence-electron chi connectivity index (χ1n) is 6.08. The second kappa shape index (κ2) is 4.87. The van der Waals surface area contributed by atoms with Gasteiger partial charge in [0.15, 0.2) is 5.76 Å². The van der Waals surface area contributed by atoms with E-state index in [0.29, 0.717) is 6.54 Å². The van der Waals surface area contributed by atoms with Crippen LogP contribution in [0.2, 0.25) is 0 Å². The highest BCUT2D eigenvalue weighted by Crippen LogP contribution is 2.15. The number of rotatable bonds is 3. The first-order chi connectivity index (χ1) is 9.26. The van der Waals surface area contributed by atoms with Crippen LogP contribution in [0.25, 0.3) is 0 Å². The van der Waals surface area contributed by atoms with Crippen molar-refractivity contribution in [3.8, 4) is 0 Å². The lowest BCUT2D eigenvalue weighted by Crippen LogP contribution is -2.33. The maximum absolute atomic E-state index is 11.3.